The molecule has 0 radical (unpaired) electrons. The lowest BCUT2D eigenvalue weighted by Gasteiger charge is -2.11. The van der Waals surface area contributed by atoms with Crippen molar-refractivity contribution in [2.75, 3.05) is 6.26 Å². The van der Waals surface area contributed by atoms with E-state index in [1.165, 1.54) is 18.5 Å². The predicted molar refractivity (Wildman–Crippen MR) is 94.4 cm³/mol. The van der Waals surface area contributed by atoms with E-state index in [1.54, 1.807) is 24.3 Å². The quantitative estimate of drug-likeness (QED) is 0.731. The van der Waals surface area contributed by atoms with Gasteiger partial charge in [0.1, 0.15) is 5.69 Å². The van der Waals surface area contributed by atoms with Crippen molar-refractivity contribution in [2.45, 2.75) is 30.6 Å². The summed E-state index contributed by atoms with van der Waals surface area (Å²) in [5, 5.41) is -0.0429. The van der Waals surface area contributed by atoms with Crippen LogP contribution >= 0.6 is 11.6 Å². The molecule has 1 aliphatic carbocycles. The largest absolute Gasteiger partial charge is 0.281 e. The van der Waals surface area contributed by atoms with Crippen LogP contribution in [0, 0.1) is 0 Å². The number of benzene rings is 1. The highest BCUT2D eigenvalue weighted by Gasteiger charge is 2.21. The van der Waals surface area contributed by atoms with Gasteiger partial charge in [0, 0.05) is 12.5 Å². The molecule has 1 heterocycles. The van der Waals surface area contributed by atoms with E-state index in [2.05, 4.69) is 4.98 Å². The third kappa shape index (κ3) is 3.75. The minimum absolute atomic E-state index is 0.0429. The van der Waals surface area contributed by atoms with E-state index < -0.39 is 22.0 Å². The maximum absolute atomic E-state index is 12.8. The van der Waals surface area contributed by atoms with Gasteiger partial charge in [-0.3, -0.25) is 4.98 Å². The van der Waals surface area contributed by atoms with Gasteiger partial charge in [0.2, 0.25) is 0 Å². The number of hydrogen-bond donors (Lipinski definition) is 0. The van der Waals surface area contributed by atoms with Gasteiger partial charge in [-0.05, 0) is 59.7 Å². The highest BCUT2D eigenvalue weighted by molar-refractivity contribution is 7.90. The summed E-state index contributed by atoms with van der Waals surface area (Å²) in [6, 6.07) is 8.25. The number of hydrogen-bond acceptors (Lipinski definition) is 3. The summed E-state index contributed by atoms with van der Waals surface area (Å²) in [7, 11) is -3.24. The van der Waals surface area contributed by atoms with E-state index in [1.807, 2.05) is 0 Å². The molecule has 3 nitrogen and oxygen atoms in total. The molecule has 7 heteroatoms. The fraction of sp³-hybridized carbons (Fsp3) is 0.278. The van der Waals surface area contributed by atoms with Gasteiger partial charge in [-0.25, -0.2) is 17.2 Å². The fourth-order valence-electron chi connectivity index (χ4n) is 3.06. The van der Waals surface area contributed by atoms with Crippen molar-refractivity contribution in [3.05, 3.63) is 58.4 Å². The van der Waals surface area contributed by atoms with Gasteiger partial charge in [0.25, 0.3) is 6.43 Å². The third-order valence-corrected chi connectivity index (χ3v) is 5.70. The number of aromatic nitrogens is 1. The van der Waals surface area contributed by atoms with Crippen LogP contribution in [-0.2, 0) is 9.84 Å². The van der Waals surface area contributed by atoms with Gasteiger partial charge in [0.15, 0.2) is 9.84 Å². The van der Waals surface area contributed by atoms with Crippen molar-refractivity contribution in [1.29, 1.82) is 0 Å². The topological polar surface area (TPSA) is 47.0 Å². The monoisotopic (exact) mass is 383 g/mol. The lowest BCUT2D eigenvalue weighted by molar-refractivity contribution is 0.146. The Morgan fingerprint density at radius 1 is 1.08 bits per heavy atom. The number of nitrogens with zero attached hydrogens (tertiary/aromatic N) is 1. The van der Waals surface area contributed by atoms with Crippen molar-refractivity contribution in [2.24, 2.45) is 0 Å². The van der Waals surface area contributed by atoms with Gasteiger partial charge in [-0.1, -0.05) is 23.7 Å². The van der Waals surface area contributed by atoms with E-state index in [9.17, 15) is 17.2 Å². The Balaban J connectivity index is 2.02. The van der Waals surface area contributed by atoms with E-state index in [0.29, 0.717) is 0 Å². The molecule has 0 saturated heterocycles. The zero-order chi connectivity index (χ0) is 18.2. The molecule has 0 aliphatic heterocycles. The first kappa shape index (κ1) is 18.0. The maximum atomic E-state index is 12.8. The number of allylic oxidation sites excluding steroid dienone is 2. The molecule has 1 aromatic carbocycles. The average molecular weight is 384 g/mol. The van der Waals surface area contributed by atoms with Crippen molar-refractivity contribution >= 4 is 32.6 Å². The Morgan fingerprint density at radius 3 is 2.20 bits per heavy atom. The van der Waals surface area contributed by atoms with Gasteiger partial charge < -0.3 is 0 Å². The van der Waals surface area contributed by atoms with E-state index in [0.717, 1.165) is 41.5 Å². The van der Waals surface area contributed by atoms with Crippen LogP contribution in [-0.4, -0.2) is 19.7 Å². The number of rotatable bonds is 4. The second-order valence-electron chi connectivity index (χ2n) is 6.00. The van der Waals surface area contributed by atoms with Crippen LogP contribution in [0.25, 0.3) is 11.1 Å². The summed E-state index contributed by atoms with van der Waals surface area (Å²) in [4.78, 5) is 4.07. The molecule has 132 valence electrons. The lowest BCUT2D eigenvalue weighted by atomic mass is 9.98. The molecular formula is C18H16ClF2NO2S. The second kappa shape index (κ2) is 6.84. The molecule has 0 amide bonds. The molecule has 3 rings (SSSR count). The van der Waals surface area contributed by atoms with Gasteiger partial charge in [-0.2, -0.15) is 0 Å². The molecule has 25 heavy (non-hydrogen) atoms. The first-order chi connectivity index (χ1) is 11.8. The Bertz CT molecular complexity index is 938. The molecule has 0 fully saturated rings. The number of pyridine rings is 1. The van der Waals surface area contributed by atoms with Crippen LogP contribution in [0.15, 0.2) is 41.4 Å². The highest BCUT2D eigenvalue weighted by Crippen LogP contribution is 2.41. The van der Waals surface area contributed by atoms with Crippen LogP contribution in [0.3, 0.4) is 0 Å². The Kier molecular flexibility index (Phi) is 4.93. The summed E-state index contributed by atoms with van der Waals surface area (Å²) < 4.78 is 48.8. The van der Waals surface area contributed by atoms with Crippen molar-refractivity contribution < 1.29 is 17.2 Å². The van der Waals surface area contributed by atoms with Crippen molar-refractivity contribution in [3.63, 3.8) is 0 Å². The first-order valence-corrected chi connectivity index (χ1v) is 10.0. The number of alkyl halides is 2. The molecule has 0 saturated carbocycles. The molecular weight excluding hydrogens is 368 g/mol. The maximum Gasteiger partial charge on any atom is 0.281 e. The number of halogens is 3. The van der Waals surface area contributed by atoms with Gasteiger partial charge >= 0.3 is 0 Å². The minimum Gasteiger partial charge on any atom is -0.253 e. The molecule has 2 aromatic rings. The summed E-state index contributed by atoms with van der Waals surface area (Å²) in [5.41, 5.74) is 3.33. The first-order valence-electron chi connectivity index (χ1n) is 7.74. The normalized spacial score (nSPS) is 15.2. The highest BCUT2D eigenvalue weighted by atomic mass is 35.5. The summed E-state index contributed by atoms with van der Waals surface area (Å²) in [5.74, 6) is 0. The zero-order valence-electron chi connectivity index (χ0n) is 13.5. The number of sulfone groups is 1. The molecule has 0 N–H and O–H groups in total. The molecule has 0 atom stereocenters. The van der Waals surface area contributed by atoms with E-state index in [-0.39, 0.29) is 9.92 Å². The fourth-order valence-corrected chi connectivity index (χ4v) is 3.94. The van der Waals surface area contributed by atoms with Gasteiger partial charge in [-0.15, -0.1) is 0 Å². The van der Waals surface area contributed by atoms with E-state index in [4.69, 9.17) is 11.6 Å². The molecule has 0 unspecified atom stereocenters. The molecule has 1 aromatic heterocycles. The Morgan fingerprint density at radius 2 is 1.68 bits per heavy atom. The Labute approximate surface area is 150 Å². The molecule has 0 bridgehead atoms. The summed E-state index contributed by atoms with van der Waals surface area (Å²) in [6.07, 6.45) is 2.46. The second-order valence-corrected chi connectivity index (χ2v) is 8.42. The SMILES string of the molecule is CS(=O)(=O)c1ccc(C2=C(c3cnc(C(F)F)c(Cl)c3)CCC2)cc1. The zero-order valence-corrected chi connectivity index (χ0v) is 15.0. The smallest absolute Gasteiger partial charge is 0.253 e. The predicted octanol–water partition coefficient (Wildman–Crippen LogP) is 5.17. The summed E-state index contributed by atoms with van der Waals surface area (Å²) in [6.45, 7) is 0. The van der Waals surface area contributed by atoms with Crippen molar-refractivity contribution in [3.8, 4) is 0 Å². The summed E-state index contributed by atoms with van der Waals surface area (Å²) >= 11 is 5.94. The average Bonchev–Trinajstić information content (AvgIpc) is 3.03. The molecule has 1 aliphatic rings. The van der Waals surface area contributed by atoms with Crippen LogP contribution in [0.2, 0.25) is 5.02 Å². The standard InChI is InChI=1S/C18H16ClF2NO2S/c1-25(23,24)13-7-5-11(6-8-13)14-3-2-4-15(14)12-9-16(19)17(18(20)21)22-10-12/h5-10,18H,2-4H2,1H3. The van der Waals surface area contributed by atoms with Crippen LogP contribution < -0.4 is 0 Å². The van der Waals surface area contributed by atoms with Crippen LogP contribution in [0.1, 0.15) is 42.5 Å². The van der Waals surface area contributed by atoms with Crippen LogP contribution in [0.5, 0.6) is 0 Å². The third-order valence-electron chi connectivity index (χ3n) is 4.27. The minimum atomic E-state index is -3.24. The van der Waals surface area contributed by atoms with E-state index >= 15 is 0 Å². The van der Waals surface area contributed by atoms with Crippen molar-refractivity contribution in [1.82, 2.24) is 4.98 Å². The van der Waals surface area contributed by atoms with Crippen LogP contribution in [0.4, 0.5) is 8.78 Å². The lowest BCUT2D eigenvalue weighted by Crippen LogP contribution is -1.97. The van der Waals surface area contributed by atoms with Gasteiger partial charge in [0.05, 0.1) is 9.92 Å². The molecule has 0 spiro atoms. The Hall–Kier alpha value is -1.79.